The van der Waals surface area contributed by atoms with Crippen molar-refractivity contribution >= 4 is 5.57 Å². The van der Waals surface area contributed by atoms with Crippen molar-refractivity contribution < 1.29 is 0 Å². The summed E-state index contributed by atoms with van der Waals surface area (Å²) in [7, 11) is 0. The predicted molar refractivity (Wildman–Crippen MR) is 89.9 cm³/mol. The Morgan fingerprint density at radius 1 is 0.900 bits per heavy atom. The molecule has 2 rings (SSSR count). The molecule has 2 aromatic carbocycles. The lowest BCUT2D eigenvalue weighted by Crippen LogP contribution is -1.88. The van der Waals surface area contributed by atoms with E-state index in [9.17, 15) is 0 Å². The van der Waals surface area contributed by atoms with Gasteiger partial charge in [-0.3, -0.25) is 0 Å². The van der Waals surface area contributed by atoms with Crippen molar-refractivity contribution in [2.45, 2.75) is 33.6 Å². The second kappa shape index (κ2) is 8.96. The van der Waals surface area contributed by atoms with E-state index >= 15 is 0 Å². The summed E-state index contributed by atoms with van der Waals surface area (Å²) >= 11 is 0. The van der Waals surface area contributed by atoms with Crippen LogP contribution in [-0.2, 0) is 6.42 Å². The van der Waals surface area contributed by atoms with Crippen LogP contribution in [-0.4, -0.2) is 0 Å². The Labute approximate surface area is 123 Å². The molecule has 0 saturated heterocycles. The molecule has 20 heavy (non-hydrogen) atoms. The number of hydrogen-bond donors (Lipinski definition) is 0. The van der Waals surface area contributed by atoms with E-state index in [1.807, 2.05) is 32.0 Å². The van der Waals surface area contributed by atoms with E-state index in [4.69, 9.17) is 0 Å². The highest BCUT2D eigenvalue weighted by atomic mass is 14.1. The molecule has 0 aliphatic rings. The molecule has 0 bridgehead atoms. The van der Waals surface area contributed by atoms with E-state index in [0.717, 1.165) is 17.6 Å². The van der Waals surface area contributed by atoms with Crippen LogP contribution in [0.4, 0.5) is 0 Å². The zero-order valence-electron chi connectivity index (χ0n) is 12.8. The average molecular weight is 264 g/mol. The van der Waals surface area contributed by atoms with Gasteiger partial charge in [0.05, 0.1) is 0 Å². The monoisotopic (exact) mass is 264 g/mol. The SMILES string of the molecule is C=C=C(c1ccccc1)c1ccc(CCC)cc1.CC. The molecule has 0 spiro atoms. The Morgan fingerprint density at radius 3 is 1.95 bits per heavy atom. The quantitative estimate of drug-likeness (QED) is 0.605. The first-order valence-electron chi connectivity index (χ1n) is 7.40. The van der Waals surface area contributed by atoms with Crippen LogP contribution in [0.25, 0.3) is 5.57 Å². The Morgan fingerprint density at radius 2 is 1.45 bits per heavy atom. The highest BCUT2D eigenvalue weighted by molar-refractivity contribution is 5.79. The van der Waals surface area contributed by atoms with E-state index in [2.05, 4.69) is 55.6 Å². The van der Waals surface area contributed by atoms with E-state index in [0.29, 0.717) is 0 Å². The Kier molecular flexibility index (Phi) is 7.17. The van der Waals surface area contributed by atoms with Gasteiger partial charge < -0.3 is 0 Å². The van der Waals surface area contributed by atoms with Gasteiger partial charge in [-0.2, -0.15) is 0 Å². The Hall–Kier alpha value is -2.04. The number of benzene rings is 2. The maximum atomic E-state index is 3.81. The molecular formula is C20H24. The van der Waals surface area contributed by atoms with Crippen LogP contribution in [0.2, 0.25) is 0 Å². The van der Waals surface area contributed by atoms with Crippen molar-refractivity contribution in [1.29, 1.82) is 0 Å². The fourth-order valence-corrected chi connectivity index (χ4v) is 2.10. The summed E-state index contributed by atoms with van der Waals surface area (Å²) in [5, 5.41) is 0. The van der Waals surface area contributed by atoms with Crippen LogP contribution >= 0.6 is 0 Å². The van der Waals surface area contributed by atoms with Crippen molar-refractivity contribution in [3.8, 4) is 0 Å². The van der Waals surface area contributed by atoms with Crippen LogP contribution in [0.1, 0.15) is 43.9 Å². The summed E-state index contributed by atoms with van der Waals surface area (Å²) < 4.78 is 0. The molecule has 0 atom stereocenters. The fourth-order valence-electron chi connectivity index (χ4n) is 2.10. The Balaban J connectivity index is 0.000000956. The number of rotatable bonds is 4. The molecule has 0 heteroatoms. The van der Waals surface area contributed by atoms with Crippen LogP contribution in [0.15, 0.2) is 66.9 Å². The largest absolute Gasteiger partial charge is 0.119 e. The molecule has 0 aliphatic heterocycles. The van der Waals surface area contributed by atoms with Crippen molar-refractivity contribution in [1.82, 2.24) is 0 Å². The first kappa shape index (κ1) is 16.0. The summed E-state index contributed by atoms with van der Waals surface area (Å²) in [6.07, 6.45) is 2.32. The smallest absolute Gasteiger partial charge is 0.0303 e. The van der Waals surface area contributed by atoms with Gasteiger partial charge in [-0.1, -0.05) is 88.4 Å². The third kappa shape index (κ3) is 4.26. The molecule has 2 aromatic rings. The van der Waals surface area contributed by atoms with E-state index in [1.54, 1.807) is 0 Å². The van der Waals surface area contributed by atoms with Crippen LogP contribution < -0.4 is 0 Å². The summed E-state index contributed by atoms with van der Waals surface area (Å²) in [5.41, 5.74) is 7.85. The highest BCUT2D eigenvalue weighted by Gasteiger charge is 2.03. The van der Waals surface area contributed by atoms with Crippen molar-refractivity contribution in [2.24, 2.45) is 0 Å². The molecule has 0 nitrogen and oxygen atoms in total. The zero-order chi connectivity index (χ0) is 14.8. The lowest BCUT2D eigenvalue weighted by molar-refractivity contribution is 0.922. The van der Waals surface area contributed by atoms with Gasteiger partial charge in [-0.05, 0) is 23.1 Å². The van der Waals surface area contributed by atoms with Crippen molar-refractivity contribution in [2.75, 3.05) is 0 Å². The molecule has 0 heterocycles. The molecule has 0 aromatic heterocycles. The topological polar surface area (TPSA) is 0 Å². The van der Waals surface area contributed by atoms with Gasteiger partial charge in [0, 0.05) is 5.57 Å². The molecule has 0 radical (unpaired) electrons. The van der Waals surface area contributed by atoms with E-state index in [-0.39, 0.29) is 0 Å². The molecular weight excluding hydrogens is 240 g/mol. The zero-order valence-corrected chi connectivity index (χ0v) is 12.8. The van der Waals surface area contributed by atoms with Gasteiger partial charge in [0.1, 0.15) is 0 Å². The van der Waals surface area contributed by atoms with Crippen LogP contribution in [0.3, 0.4) is 0 Å². The maximum absolute atomic E-state index is 3.81. The summed E-state index contributed by atoms with van der Waals surface area (Å²) in [4.78, 5) is 0. The highest BCUT2D eigenvalue weighted by Crippen LogP contribution is 2.22. The minimum absolute atomic E-state index is 1.07. The lowest BCUT2D eigenvalue weighted by atomic mass is 9.97. The second-order valence-corrected chi connectivity index (χ2v) is 4.36. The Bertz CT molecular complexity index is 540. The van der Waals surface area contributed by atoms with Gasteiger partial charge in [0.2, 0.25) is 0 Å². The molecule has 0 saturated carbocycles. The first-order chi connectivity index (χ1) is 9.85. The molecule has 0 N–H and O–H groups in total. The summed E-state index contributed by atoms with van der Waals surface area (Å²) in [5.74, 6) is 0. The van der Waals surface area contributed by atoms with E-state index in [1.165, 1.54) is 17.5 Å². The van der Waals surface area contributed by atoms with Gasteiger partial charge in [-0.25, -0.2) is 0 Å². The third-order valence-corrected chi connectivity index (χ3v) is 3.02. The summed E-state index contributed by atoms with van der Waals surface area (Å²) in [6.45, 7) is 10.0. The second-order valence-electron chi connectivity index (χ2n) is 4.36. The molecule has 0 unspecified atom stereocenters. The summed E-state index contributed by atoms with van der Waals surface area (Å²) in [6, 6.07) is 19.0. The van der Waals surface area contributed by atoms with Gasteiger partial charge in [0.15, 0.2) is 0 Å². The van der Waals surface area contributed by atoms with E-state index < -0.39 is 0 Å². The van der Waals surface area contributed by atoms with Crippen molar-refractivity contribution in [3.05, 3.63) is 83.6 Å². The van der Waals surface area contributed by atoms with Crippen molar-refractivity contribution in [3.63, 3.8) is 0 Å². The minimum atomic E-state index is 1.07. The normalized spacial score (nSPS) is 9.15. The van der Waals surface area contributed by atoms with Gasteiger partial charge in [0.25, 0.3) is 0 Å². The third-order valence-electron chi connectivity index (χ3n) is 3.02. The standard InChI is InChI=1S/C18H18.C2H6/c1-3-8-15-11-13-17(14-12-15)18(4-2)16-9-6-5-7-10-16;1-2/h5-7,9-14H,2-3,8H2,1H3;1-2H3. The number of hydrogen-bond acceptors (Lipinski definition) is 0. The molecule has 104 valence electrons. The molecule has 0 fully saturated rings. The van der Waals surface area contributed by atoms with Crippen LogP contribution in [0.5, 0.6) is 0 Å². The van der Waals surface area contributed by atoms with Gasteiger partial charge >= 0.3 is 0 Å². The molecule has 0 aliphatic carbocycles. The predicted octanol–water partition coefficient (Wildman–Crippen LogP) is 5.88. The van der Waals surface area contributed by atoms with Gasteiger partial charge in [-0.15, -0.1) is 5.73 Å². The average Bonchev–Trinajstić information content (AvgIpc) is 2.53. The number of aryl methyl sites for hydroxylation is 1. The first-order valence-corrected chi connectivity index (χ1v) is 7.40. The fraction of sp³-hybridized carbons (Fsp3) is 0.250. The van der Waals surface area contributed by atoms with Crippen LogP contribution in [0, 0.1) is 0 Å². The minimum Gasteiger partial charge on any atom is -0.119 e. The molecule has 0 amide bonds. The maximum Gasteiger partial charge on any atom is 0.0303 e. The lowest BCUT2D eigenvalue weighted by Gasteiger charge is -2.06.